The predicted molar refractivity (Wildman–Crippen MR) is 76.4 cm³/mol. The van der Waals surface area contributed by atoms with Gasteiger partial charge in [-0.25, -0.2) is 4.90 Å². The standard InChI is InChI=1S/C16H10N2O3/c19-14-7-9-5-6-10(8-13(9)17-14)18-15(20)11-3-1-2-4-12(11)16(18)21/h1-6,8H,7H2,(H,17,19). The molecule has 2 aliphatic rings. The first-order chi connectivity index (χ1) is 10.1. The van der Waals surface area contributed by atoms with E-state index in [0.717, 1.165) is 10.5 Å². The molecule has 0 fully saturated rings. The Labute approximate surface area is 120 Å². The van der Waals surface area contributed by atoms with Gasteiger partial charge in [-0.15, -0.1) is 0 Å². The van der Waals surface area contributed by atoms with E-state index in [0.29, 0.717) is 28.9 Å². The summed E-state index contributed by atoms with van der Waals surface area (Å²) in [6.45, 7) is 0. The van der Waals surface area contributed by atoms with Gasteiger partial charge in [0.2, 0.25) is 5.91 Å². The van der Waals surface area contributed by atoms with Crippen molar-refractivity contribution in [3.63, 3.8) is 0 Å². The van der Waals surface area contributed by atoms with Gasteiger partial charge in [0.1, 0.15) is 0 Å². The number of nitrogens with one attached hydrogen (secondary N) is 1. The van der Waals surface area contributed by atoms with Crippen molar-refractivity contribution in [3.8, 4) is 0 Å². The van der Waals surface area contributed by atoms with Crippen LogP contribution >= 0.6 is 0 Å². The molecule has 0 atom stereocenters. The molecule has 2 aliphatic heterocycles. The molecule has 5 nitrogen and oxygen atoms in total. The summed E-state index contributed by atoms with van der Waals surface area (Å²) in [5, 5.41) is 2.72. The lowest BCUT2D eigenvalue weighted by Crippen LogP contribution is -2.29. The molecule has 2 aromatic rings. The van der Waals surface area contributed by atoms with Crippen LogP contribution in [-0.4, -0.2) is 17.7 Å². The molecule has 0 saturated heterocycles. The van der Waals surface area contributed by atoms with Crippen molar-refractivity contribution in [3.05, 3.63) is 59.2 Å². The van der Waals surface area contributed by atoms with Crippen molar-refractivity contribution in [1.29, 1.82) is 0 Å². The molecule has 0 aliphatic carbocycles. The second kappa shape index (κ2) is 4.02. The Hall–Kier alpha value is -2.95. The summed E-state index contributed by atoms with van der Waals surface area (Å²) in [7, 11) is 0. The molecule has 5 heteroatoms. The summed E-state index contributed by atoms with van der Waals surface area (Å²) >= 11 is 0. The summed E-state index contributed by atoms with van der Waals surface area (Å²) in [4.78, 5) is 37.3. The third-order valence-electron chi connectivity index (χ3n) is 3.77. The number of hydrogen-bond acceptors (Lipinski definition) is 3. The zero-order valence-electron chi connectivity index (χ0n) is 10.9. The molecule has 2 heterocycles. The molecular formula is C16H10N2O3. The average molecular weight is 278 g/mol. The van der Waals surface area contributed by atoms with Crippen molar-refractivity contribution in [2.75, 3.05) is 10.2 Å². The number of hydrogen-bond donors (Lipinski definition) is 1. The van der Waals surface area contributed by atoms with Gasteiger partial charge in [0.15, 0.2) is 0 Å². The molecule has 1 N–H and O–H groups in total. The molecule has 0 bridgehead atoms. The number of carbonyl (C=O) groups is 3. The smallest absolute Gasteiger partial charge is 0.266 e. The Balaban J connectivity index is 1.79. The van der Waals surface area contributed by atoms with Gasteiger partial charge in [-0.1, -0.05) is 18.2 Å². The van der Waals surface area contributed by atoms with Gasteiger partial charge in [0.05, 0.1) is 23.2 Å². The molecule has 4 rings (SSSR count). The SMILES string of the molecule is O=C1Cc2ccc(N3C(=O)c4ccccc4C3=O)cc2N1. The lowest BCUT2D eigenvalue weighted by atomic mass is 10.1. The number of imide groups is 1. The van der Waals surface area contributed by atoms with Crippen LogP contribution in [0.1, 0.15) is 26.3 Å². The minimum absolute atomic E-state index is 0.0792. The van der Waals surface area contributed by atoms with Gasteiger partial charge in [0.25, 0.3) is 11.8 Å². The van der Waals surface area contributed by atoms with Crippen LogP contribution in [0.4, 0.5) is 11.4 Å². The highest BCUT2D eigenvalue weighted by Gasteiger charge is 2.36. The fourth-order valence-corrected chi connectivity index (χ4v) is 2.77. The number of benzene rings is 2. The van der Waals surface area contributed by atoms with Gasteiger partial charge in [-0.2, -0.15) is 0 Å². The van der Waals surface area contributed by atoms with Crippen LogP contribution in [0, 0.1) is 0 Å². The van der Waals surface area contributed by atoms with Crippen LogP contribution in [0.25, 0.3) is 0 Å². The summed E-state index contributed by atoms with van der Waals surface area (Å²) < 4.78 is 0. The van der Waals surface area contributed by atoms with Crippen LogP contribution in [-0.2, 0) is 11.2 Å². The highest BCUT2D eigenvalue weighted by Crippen LogP contribution is 2.33. The molecular weight excluding hydrogens is 268 g/mol. The van der Waals surface area contributed by atoms with E-state index in [1.165, 1.54) is 0 Å². The van der Waals surface area contributed by atoms with Crippen molar-refractivity contribution < 1.29 is 14.4 Å². The van der Waals surface area contributed by atoms with Crippen molar-refractivity contribution in [2.24, 2.45) is 0 Å². The zero-order valence-corrected chi connectivity index (χ0v) is 10.9. The maximum Gasteiger partial charge on any atom is 0.266 e. The van der Waals surface area contributed by atoms with E-state index >= 15 is 0 Å². The summed E-state index contributed by atoms with van der Waals surface area (Å²) in [6.07, 6.45) is 0.331. The topological polar surface area (TPSA) is 66.5 Å². The van der Waals surface area contributed by atoms with E-state index < -0.39 is 0 Å². The summed E-state index contributed by atoms with van der Waals surface area (Å²) in [5.74, 6) is -0.746. The molecule has 102 valence electrons. The van der Waals surface area contributed by atoms with Crippen molar-refractivity contribution >= 4 is 29.1 Å². The van der Waals surface area contributed by atoms with Gasteiger partial charge >= 0.3 is 0 Å². The van der Waals surface area contributed by atoms with Gasteiger partial charge in [-0.3, -0.25) is 14.4 Å². The maximum atomic E-state index is 12.4. The van der Waals surface area contributed by atoms with E-state index in [-0.39, 0.29) is 17.7 Å². The van der Waals surface area contributed by atoms with Crippen molar-refractivity contribution in [2.45, 2.75) is 6.42 Å². The lowest BCUT2D eigenvalue weighted by Gasteiger charge is -2.14. The van der Waals surface area contributed by atoms with E-state index in [4.69, 9.17) is 0 Å². The highest BCUT2D eigenvalue weighted by molar-refractivity contribution is 6.34. The fraction of sp³-hybridized carbons (Fsp3) is 0.0625. The van der Waals surface area contributed by atoms with Crippen LogP contribution in [0.3, 0.4) is 0 Å². The van der Waals surface area contributed by atoms with Gasteiger partial charge in [0, 0.05) is 5.69 Å². The number of amides is 3. The first-order valence-electron chi connectivity index (χ1n) is 6.56. The third-order valence-corrected chi connectivity index (χ3v) is 3.77. The minimum atomic E-state index is -0.333. The molecule has 21 heavy (non-hydrogen) atoms. The van der Waals surface area contributed by atoms with E-state index in [9.17, 15) is 14.4 Å². The summed E-state index contributed by atoms with van der Waals surface area (Å²) in [5.41, 5.74) is 2.83. The third kappa shape index (κ3) is 1.61. The van der Waals surface area contributed by atoms with E-state index in [2.05, 4.69) is 5.32 Å². The first kappa shape index (κ1) is 11.8. The van der Waals surface area contributed by atoms with Crippen LogP contribution in [0.15, 0.2) is 42.5 Å². The zero-order chi connectivity index (χ0) is 14.6. The van der Waals surface area contributed by atoms with Crippen molar-refractivity contribution in [1.82, 2.24) is 0 Å². The van der Waals surface area contributed by atoms with Crippen LogP contribution < -0.4 is 10.2 Å². The number of nitrogens with zero attached hydrogens (tertiary/aromatic N) is 1. The van der Waals surface area contributed by atoms with E-state index in [1.807, 2.05) is 0 Å². The molecule has 0 radical (unpaired) electrons. The fourth-order valence-electron chi connectivity index (χ4n) is 2.77. The Bertz CT molecular complexity index is 791. The summed E-state index contributed by atoms with van der Waals surface area (Å²) in [6, 6.07) is 11.9. The first-order valence-corrected chi connectivity index (χ1v) is 6.56. The molecule has 0 saturated carbocycles. The second-order valence-electron chi connectivity index (χ2n) is 5.06. The Morgan fingerprint density at radius 2 is 1.57 bits per heavy atom. The van der Waals surface area contributed by atoms with E-state index in [1.54, 1.807) is 42.5 Å². The van der Waals surface area contributed by atoms with Crippen LogP contribution in [0.5, 0.6) is 0 Å². The average Bonchev–Trinajstić information content (AvgIpc) is 2.97. The number of anilines is 2. The predicted octanol–water partition coefficient (Wildman–Crippen LogP) is 1.98. The Kier molecular flexibility index (Phi) is 2.27. The quantitative estimate of drug-likeness (QED) is 0.811. The minimum Gasteiger partial charge on any atom is -0.325 e. The molecule has 0 spiro atoms. The Morgan fingerprint density at radius 3 is 2.24 bits per heavy atom. The largest absolute Gasteiger partial charge is 0.325 e. The number of carbonyl (C=O) groups excluding carboxylic acids is 3. The number of rotatable bonds is 1. The highest BCUT2D eigenvalue weighted by atomic mass is 16.2. The van der Waals surface area contributed by atoms with Crippen LogP contribution in [0.2, 0.25) is 0 Å². The normalized spacial score (nSPS) is 16.0. The second-order valence-corrected chi connectivity index (χ2v) is 5.06. The monoisotopic (exact) mass is 278 g/mol. The molecule has 0 unspecified atom stereocenters. The number of fused-ring (bicyclic) bond motifs is 2. The maximum absolute atomic E-state index is 12.4. The molecule has 0 aromatic heterocycles. The van der Waals surface area contributed by atoms with Gasteiger partial charge in [-0.05, 0) is 29.8 Å². The Morgan fingerprint density at radius 1 is 0.905 bits per heavy atom. The lowest BCUT2D eigenvalue weighted by molar-refractivity contribution is -0.115. The van der Waals surface area contributed by atoms with Gasteiger partial charge < -0.3 is 5.32 Å². The molecule has 2 aromatic carbocycles. The molecule has 3 amide bonds.